The van der Waals surface area contributed by atoms with Gasteiger partial charge in [-0.25, -0.2) is 9.37 Å². The molecule has 0 spiro atoms. The van der Waals surface area contributed by atoms with Crippen LogP contribution in [0.25, 0.3) is 11.0 Å². The molecule has 0 bridgehead atoms. The highest BCUT2D eigenvalue weighted by Gasteiger charge is 2.18. The number of halogens is 1. The van der Waals surface area contributed by atoms with E-state index in [4.69, 9.17) is 14.5 Å². The lowest BCUT2D eigenvalue weighted by atomic mass is 10.1. The van der Waals surface area contributed by atoms with Crippen LogP contribution in [-0.2, 0) is 26.6 Å². The Kier molecular flexibility index (Phi) is 8.06. The van der Waals surface area contributed by atoms with E-state index in [9.17, 15) is 5.26 Å². The first kappa shape index (κ1) is 27.5. The first-order valence-corrected chi connectivity index (χ1v) is 13.4. The van der Waals surface area contributed by atoms with Gasteiger partial charge in [0.2, 0.25) is 0 Å². The summed E-state index contributed by atoms with van der Waals surface area (Å²) in [4.78, 5) is 7.01. The van der Waals surface area contributed by atoms with Gasteiger partial charge in [-0.15, -0.1) is 0 Å². The summed E-state index contributed by atoms with van der Waals surface area (Å²) >= 11 is 0. The third-order valence-corrected chi connectivity index (χ3v) is 7.17. The van der Waals surface area contributed by atoms with Gasteiger partial charge in [0, 0.05) is 25.8 Å². The lowest BCUT2D eigenvalue weighted by molar-refractivity contribution is 0.414. The van der Waals surface area contributed by atoms with Crippen molar-refractivity contribution in [3.63, 3.8) is 0 Å². The van der Waals surface area contributed by atoms with E-state index >= 15 is 4.39 Å². The molecule has 0 saturated carbocycles. The average Bonchev–Trinajstić information content (AvgIpc) is 3.38. The fraction of sp³-hybridized carbons (Fsp3) is 0.212. The molecule has 0 unspecified atom stereocenters. The Bertz CT molecular complexity index is 1660. The Morgan fingerprint density at radius 3 is 2.07 bits per heavy atom. The quantitative estimate of drug-likeness (QED) is 0.200. The molecule has 1 aromatic heterocycles. The zero-order valence-electron chi connectivity index (χ0n) is 23.6. The number of rotatable bonds is 10. The summed E-state index contributed by atoms with van der Waals surface area (Å²) < 4.78 is 27.9. The van der Waals surface area contributed by atoms with Crippen molar-refractivity contribution >= 4 is 28.1 Å². The molecule has 4 aromatic carbocycles. The summed E-state index contributed by atoms with van der Waals surface area (Å²) in [5.74, 6) is 1.13. The molecule has 0 amide bonds. The predicted octanol–water partition coefficient (Wildman–Crippen LogP) is 7.11. The first-order valence-electron chi connectivity index (χ1n) is 13.4. The van der Waals surface area contributed by atoms with E-state index in [0.717, 1.165) is 50.6 Å². The molecule has 8 heteroatoms. The predicted molar refractivity (Wildman–Crippen MR) is 160 cm³/mol. The minimum atomic E-state index is -0.458. The summed E-state index contributed by atoms with van der Waals surface area (Å²) in [6, 6.07) is 25.1. The van der Waals surface area contributed by atoms with Crippen LogP contribution in [-0.4, -0.2) is 23.8 Å². The number of aromatic nitrogens is 2. The van der Waals surface area contributed by atoms with Gasteiger partial charge in [-0.05, 0) is 71.6 Å². The number of imidazole rings is 1. The number of aryl methyl sites for hydroxylation is 2. The van der Waals surface area contributed by atoms with Gasteiger partial charge in [0.25, 0.3) is 0 Å². The standard InChI is InChI=1S/C33H32FN5O2/c1-5-25-14-24(18-35)15-29(34)32(25)37-26-16-30-33(36-21-38(30)2)31(17-26)39(19-22-6-10-27(40-3)11-7-22)20-23-8-12-28(41-4)13-9-23/h6-17,21,37H,5,19-20H2,1-4H3. The fourth-order valence-corrected chi connectivity index (χ4v) is 4.95. The Labute approximate surface area is 239 Å². The van der Waals surface area contributed by atoms with Gasteiger partial charge in [-0.2, -0.15) is 5.26 Å². The van der Waals surface area contributed by atoms with Crippen molar-refractivity contribution in [2.75, 3.05) is 24.4 Å². The van der Waals surface area contributed by atoms with Gasteiger partial charge >= 0.3 is 0 Å². The van der Waals surface area contributed by atoms with Crippen molar-refractivity contribution in [1.29, 1.82) is 5.26 Å². The number of hydrogen-bond donors (Lipinski definition) is 1. The van der Waals surface area contributed by atoms with Crippen LogP contribution in [0.2, 0.25) is 0 Å². The Morgan fingerprint density at radius 1 is 0.927 bits per heavy atom. The second kappa shape index (κ2) is 12.0. The van der Waals surface area contributed by atoms with E-state index in [0.29, 0.717) is 30.8 Å². The lowest BCUT2D eigenvalue weighted by Gasteiger charge is -2.27. The fourth-order valence-electron chi connectivity index (χ4n) is 4.95. The molecule has 1 heterocycles. The van der Waals surface area contributed by atoms with Crippen LogP contribution >= 0.6 is 0 Å². The highest BCUT2D eigenvalue weighted by atomic mass is 19.1. The van der Waals surface area contributed by atoms with Crippen LogP contribution < -0.4 is 19.7 Å². The molecule has 0 aliphatic heterocycles. The van der Waals surface area contributed by atoms with Crippen molar-refractivity contribution in [2.45, 2.75) is 26.4 Å². The summed E-state index contributed by atoms with van der Waals surface area (Å²) in [5, 5.41) is 12.6. The van der Waals surface area contributed by atoms with Crippen LogP contribution in [0.4, 0.5) is 21.5 Å². The average molecular weight is 550 g/mol. The molecule has 0 aliphatic carbocycles. The molecule has 0 atom stereocenters. The van der Waals surface area contributed by atoms with Gasteiger partial charge in [-0.1, -0.05) is 31.2 Å². The van der Waals surface area contributed by atoms with E-state index in [1.54, 1.807) is 26.6 Å². The molecule has 5 aromatic rings. The van der Waals surface area contributed by atoms with E-state index in [-0.39, 0.29) is 0 Å². The molecule has 0 saturated heterocycles. The molecule has 208 valence electrons. The summed E-state index contributed by atoms with van der Waals surface area (Å²) in [7, 11) is 5.25. The SMILES string of the molecule is CCc1cc(C#N)cc(F)c1Nc1cc(N(Cc2ccc(OC)cc2)Cc2ccc(OC)cc2)c2ncn(C)c2c1. The van der Waals surface area contributed by atoms with E-state index in [2.05, 4.69) is 34.5 Å². The van der Waals surface area contributed by atoms with Gasteiger partial charge in [0.05, 0.1) is 49.1 Å². The Balaban J connectivity index is 1.60. The van der Waals surface area contributed by atoms with Crippen molar-refractivity contribution < 1.29 is 13.9 Å². The maximum Gasteiger partial charge on any atom is 0.148 e. The maximum atomic E-state index is 15.2. The highest BCUT2D eigenvalue weighted by Crippen LogP contribution is 2.35. The van der Waals surface area contributed by atoms with E-state index in [1.807, 2.05) is 61.0 Å². The summed E-state index contributed by atoms with van der Waals surface area (Å²) in [6.45, 7) is 3.16. The van der Waals surface area contributed by atoms with Gasteiger partial charge in [0.1, 0.15) is 22.8 Å². The summed E-state index contributed by atoms with van der Waals surface area (Å²) in [6.07, 6.45) is 2.37. The number of benzene rings is 4. The minimum absolute atomic E-state index is 0.304. The van der Waals surface area contributed by atoms with Gasteiger partial charge in [0.15, 0.2) is 0 Å². The van der Waals surface area contributed by atoms with E-state index < -0.39 is 5.82 Å². The molecule has 5 rings (SSSR count). The Morgan fingerprint density at radius 2 is 1.54 bits per heavy atom. The number of ether oxygens (including phenoxy) is 2. The number of nitrogens with zero attached hydrogens (tertiary/aromatic N) is 4. The maximum absolute atomic E-state index is 15.2. The van der Waals surface area contributed by atoms with Crippen LogP contribution in [0, 0.1) is 17.1 Å². The zero-order valence-corrected chi connectivity index (χ0v) is 23.6. The minimum Gasteiger partial charge on any atom is -0.497 e. The smallest absolute Gasteiger partial charge is 0.148 e. The van der Waals surface area contributed by atoms with Gasteiger partial charge in [-0.3, -0.25) is 0 Å². The second-order valence-corrected chi connectivity index (χ2v) is 9.85. The summed E-state index contributed by atoms with van der Waals surface area (Å²) in [5.41, 5.74) is 7.01. The van der Waals surface area contributed by atoms with E-state index in [1.165, 1.54) is 6.07 Å². The van der Waals surface area contributed by atoms with Crippen LogP contribution in [0.5, 0.6) is 11.5 Å². The van der Waals surface area contributed by atoms with Crippen LogP contribution in [0.3, 0.4) is 0 Å². The van der Waals surface area contributed by atoms with Crippen LogP contribution in [0.1, 0.15) is 29.2 Å². The molecule has 0 fully saturated rings. The third kappa shape index (κ3) is 5.94. The number of anilines is 3. The largest absolute Gasteiger partial charge is 0.497 e. The van der Waals surface area contributed by atoms with Crippen molar-refractivity contribution in [2.24, 2.45) is 7.05 Å². The number of fused-ring (bicyclic) bond motifs is 1. The third-order valence-electron chi connectivity index (χ3n) is 7.17. The van der Waals surface area contributed by atoms with Crippen molar-refractivity contribution in [3.05, 3.63) is 107 Å². The Hall–Kier alpha value is -5.03. The molecular weight excluding hydrogens is 517 g/mol. The highest BCUT2D eigenvalue weighted by molar-refractivity contribution is 5.93. The second-order valence-electron chi connectivity index (χ2n) is 9.85. The monoisotopic (exact) mass is 549 g/mol. The van der Waals surface area contributed by atoms with Gasteiger partial charge < -0.3 is 24.3 Å². The molecule has 7 nitrogen and oxygen atoms in total. The number of nitriles is 1. The molecule has 0 radical (unpaired) electrons. The molecular formula is C33H32FN5O2. The number of hydrogen-bond acceptors (Lipinski definition) is 6. The van der Waals surface area contributed by atoms with Crippen molar-refractivity contribution in [1.82, 2.24) is 9.55 Å². The van der Waals surface area contributed by atoms with Crippen LogP contribution in [0.15, 0.2) is 79.1 Å². The first-order chi connectivity index (χ1) is 19.9. The topological polar surface area (TPSA) is 75.3 Å². The molecule has 0 aliphatic rings. The number of methoxy groups -OCH3 is 2. The van der Waals surface area contributed by atoms with Crippen molar-refractivity contribution in [3.8, 4) is 17.6 Å². The lowest BCUT2D eigenvalue weighted by Crippen LogP contribution is -2.22. The number of nitrogens with one attached hydrogen (secondary N) is 1. The molecule has 41 heavy (non-hydrogen) atoms. The normalized spacial score (nSPS) is 10.8. The molecule has 1 N–H and O–H groups in total. The zero-order chi connectivity index (χ0) is 28.9.